The number of nitrogens with two attached hydrogens (primary N) is 1. The van der Waals surface area contributed by atoms with Gasteiger partial charge in [0, 0.05) is 12.7 Å². The summed E-state index contributed by atoms with van der Waals surface area (Å²) in [6, 6.07) is 7.83. The third-order valence-corrected chi connectivity index (χ3v) is 6.22. The zero-order valence-corrected chi connectivity index (χ0v) is 18.4. The second-order valence-corrected chi connectivity index (χ2v) is 8.29. The van der Waals surface area contributed by atoms with Crippen LogP contribution in [0.4, 0.5) is 5.69 Å². The van der Waals surface area contributed by atoms with Crippen molar-refractivity contribution in [3.63, 3.8) is 0 Å². The first-order chi connectivity index (χ1) is 15.5. The summed E-state index contributed by atoms with van der Waals surface area (Å²) >= 11 is 0. The number of carbonyl (C=O) groups excluding carboxylic acids is 1. The highest BCUT2D eigenvalue weighted by atomic mass is 16.6. The van der Waals surface area contributed by atoms with E-state index in [0.717, 1.165) is 30.4 Å². The van der Waals surface area contributed by atoms with Gasteiger partial charge >= 0.3 is 5.97 Å². The van der Waals surface area contributed by atoms with Gasteiger partial charge in [-0.05, 0) is 30.7 Å². The van der Waals surface area contributed by atoms with Crippen LogP contribution in [0.3, 0.4) is 0 Å². The van der Waals surface area contributed by atoms with E-state index in [-0.39, 0.29) is 30.5 Å². The molecule has 0 unspecified atom stereocenters. The Kier molecular flexibility index (Phi) is 6.88. The fourth-order valence-electron chi connectivity index (χ4n) is 4.40. The van der Waals surface area contributed by atoms with E-state index >= 15 is 0 Å². The minimum absolute atomic E-state index is 0.00744. The molecule has 0 amide bonds. The number of nitrogens with zero attached hydrogens (tertiary/aromatic N) is 2. The first-order valence-electron chi connectivity index (χ1n) is 10.8. The molecule has 0 radical (unpaired) electrons. The Morgan fingerprint density at radius 3 is 2.69 bits per heavy atom. The highest BCUT2D eigenvalue weighted by Crippen LogP contribution is 2.30. The van der Waals surface area contributed by atoms with E-state index in [1.807, 2.05) is 24.3 Å². The number of anilines is 1. The van der Waals surface area contributed by atoms with Gasteiger partial charge in [0.2, 0.25) is 0 Å². The summed E-state index contributed by atoms with van der Waals surface area (Å²) < 4.78 is 23.4. The summed E-state index contributed by atoms with van der Waals surface area (Å²) in [5.74, 6) is 0.212. The van der Waals surface area contributed by atoms with Gasteiger partial charge in [-0.15, -0.1) is 0 Å². The Labute approximate surface area is 186 Å². The van der Waals surface area contributed by atoms with Crippen LogP contribution in [0.1, 0.15) is 18.4 Å². The summed E-state index contributed by atoms with van der Waals surface area (Å²) in [6.45, 7) is 1.01. The van der Waals surface area contributed by atoms with Crippen LogP contribution in [0.5, 0.6) is 0 Å². The van der Waals surface area contributed by atoms with Crippen molar-refractivity contribution in [2.75, 3.05) is 33.2 Å². The Morgan fingerprint density at radius 1 is 1.19 bits per heavy atom. The van der Waals surface area contributed by atoms with Crippen molar-refractivity contribution in [1.82, 2.24) is 9.55 Å². The van der Waals surface area contributed by atoms with E-state index in [4.69, 9.17) is 24.7 Å². The molecule has 172 valence electrons. The van der Waals surface area contributed by atoms with Crippen molar-refractivity contribution in [3.05, 3.63) is 46.4 Å². The molecule has 4 atom stereocenters. The predicted molar refractivity (Wildman–Crippen MR) is 117 cm³/mol. The summed E-state index contributed by atoms with van der Waals surface area (Å²) in [5, 5.41) is 0. The molecule has 0 saturated carbocycles. The lowest BCUT2D eigenvalue weighted by Gasteiger charge is -2.20. The quantitative estimate of drug-likeness (QED) is 0.667. The average Bonchev–Trinajstić information content (AvgIpc) is 3.10. The molecule has 0 aliphatic carbocycles. The lowest BCUT2D eigenvalue weighted by Crippen LogP contribution is -2.33. The van der Waals surface area contributed by atoms with Crippen molar-refractivity contribution >= 4 is 11.7 Å². The average molecular weight is 444 g/mol. The molecule has 32 heavy (non-hydrogen) atoms. The monoisotopic (exact) mass is 443 g/mol. The van der Waals surface area contributed by atoms with Gasteiger partial charge in [0.1, 0.15) is 30.3 Å². The third-order valence-electron chi connectivity index (χ3n) is 6.22. The van der Waals surface area contributed by atoms with Crippen molar-refractivity contribution in [3.8, 4) is 11.4 Å². The number of esters is 1. The Bertz CT molecular complexity index is 1010. The molecule has 2 N–H and O–H groups in total. The van der Waals surface area contributed by atoms with E-state index in [2.05, 4.69) is 4.98 Å². The minimum atomic E-state index is -0.546. The molecule has 2 aliphatic rings. The summed E-state index contributed by atoms with van der Waals surface area (Å²) in [7, 11) is 2.97. The summed E-state index contributed by atoms with van der Waals surface area (Å²) in [6.07, 6.45) is 4.30. The zero-order chi connectivity index (χ0) is 22.7. The molecular weight excluding hydrogens is 414 g/mol. The van der Waals surface area contributed by atoms with E-state index in [1.54, 1.807) is 7.11 Å². The highest BCUT2D eigenvalue weighted by Gasteiger charge is 2.40. The Balaban J connectivity index is 1.47. The lowest BCUT2D eigenvalue weighted by atomic mass is 9.94. The zero-order valence-electron chi connectivity index (χ0n) is 18.4. The largest absolute Gasteiger partial charge is 0.468 e. The lowest BCUT2D eigenvalue weighted by molar-refractivity contribution is -0.141. The van der Waals surface area contributed by atoms with E-state index < -0.39 is 11.5 Å². The smallest absolute Gasteiger partial charge is 0.325 e. The van der Waals surface area contributed by atoms with Crippen LogP contribution in [0, 0.1) is 5.92 Å². The predicted octanol–water partition coefficient (Wildman–Crippen LogP) is 1.42. The van der Waals surface area contributed by atoms with E-state index in [1.165, 1.54) is 17.9 Å². The van der Waals surface area contributed by atoms with Crippen LogP contribution in [0.15, 0.2) is 35.3 Å². The summed E-state index contributed by atoms with van der Waals surface area (Å²) in [4.78, 5) is 28.5. The number of carbonyl (C=O) groups is 1. The Hall–Kier alpha value is -2.75. The fraction of sp³-hybridized carbons (Fsp3) is 0.522. The van der Waals surface area contributed by atoms with Gasteiger partial charge in [-0.2, -0.15) is 0 Å². The third kappa shape index (κ3) is 4.69. The van der Waals surface area contributed by atoms with Crippen molar-refractivity contribution in [1.29, 1.82) is 0 Å². The molecule has 1 aromatic heterocycles. The normalized spacial score (nSPS) is 25.2. The number of benzene rings is 1. The molecular formula is C23H29N3O6. The molecule has 9 heteroatoms. The maximum Gasteiger partial charge on any atom is 0.325 e. The first kappa shape index (κ1) is 22.4. The SMILES string of the molecule is COC(=O)Cn1c(-c2ccc(C[C@H]3CC[C@@H]4OC[C@@H](OC)[C@H]4OC3)cc2)ncc(N)c1=O. The maximum atomic E-state index is 12.5. The second-order valence-electron chi connectivity index (χ2n) is 8.29. The molecule has 4 rings (SSSR count). The number of methoxy groups -OCH3 is 2. The van der Waals surface area contributed by atoms with Gasteiger partial charge in [0.05, 0.1) is 32.6 Å². The van der Waals surface area contributed by atoms with Gasteiger partial charge in [-0.3, -0.25) is 14.2 Å². The van der Waals surface area contributed by atoms with Crippen LogP contribution in [-0.4, -0.2) is 61.3 Å². The van der Waals surface area contributed by atoms with Gasteiger partial charge in [0.25, 0.3) is 5.56 Å². The fourth-order valence-corrected chi connectivity index (χ4v) is 4.40. The first-order valence-corrected chi connectivity index (χ1v) is 10.8. The number of ether oxygens (including phenoxy) is 4. The van der Waals surface area contributed by atoms with Crippen molar-refractivity contribution in [2.24, 2.45) is 5.92 Å². The number of nitrogen functional groups attached to an aromatic ring is 1. The van der Waals surface area contributed by atoms with Crippen molar-refractivity contribution in [2.45, 2.75) is 44.1 Å². The second kappa shape index (κ2) is 9.81. The minimum Gasteiger partial charge on any atom is -0.468 e. The van der Waals surface area contributed by atoms with Gasteiger partial charge in [0.15, 0.2) is 0 Å². The van der Waals surface area contributed by atoms with Crippen LogP contribution >= 0.6 is 0 Å². The van der Waals surface area contributed by atoms with Crippen molar-refractivity contribution < 1.29 is 23.7 Å². The number of hydrogen-bond acceptors (Lipinski definition) is 8. The van der Waals surface area contributed by atoms with Crippen LogP contribution in [-0.2, 0) is 36.7 Å². The number of aromatic nitrogens is 2. The molecule has 2 aromatic rings. The standard InChI is InChI=1S/C23H29N3O6/c1-29-19-13-31-18-8-5-15(12-32-21(18)19)9-14-3-6-16(7-4-14)22-25-10-17(24)23(28)26(22)11-20(27)30-2/h3-4,6-7,10,15,18-19,21H,5,8-9,11-13,24H2,1-2H3/t15-,18+,19-,21+/m1/s1. The molecule has 2 aliphatic heterocycles. The van der Waals surface area contributed by atoms with Crippen LogP contribution < -0.4 is 11.3 Å². The number of rotatable bonds is 6. The van der Waals surface area contributed by atoms with Gasteiger partial charge in [-0.1, -0.05) is 24.3 Å². The molecule has 2 fully saturated rings. The molecule has 3 heterocycles. The molecule has 0 bridgehead atoms. The van der Waals surface area contributed by atoms with Crippen LogP contribution in [0.25, 0.3) is 11.4 Å². The van der Waals surface area contributed by atoms with Gasteiger partial charge in [-0.25, -0.2) is 4.98 Å². The van der Waals surface area contributed by atoms with Crippen LogP contribution in [0.2, 0.25) is 0 Å². The highest BCUT2D eigenvalue weighted by molar-refractivity contribution is 5.70. The topological polar surface area (TPSA) is 115 Å². The molecule has 0 spiro atoms. The molecule has 9 nitrogen and oxygen atoms in total. The maximum absolute atomic E-state index is 12.5. The van der Waals surface area contributed by atoms with E-state index in [9.17, 15) is 9.59 Å². The Morgan fingerprint density at radius 2 is 1.97 bits per heavy atom. The molecule has 1 aromatic carbocycles. The van der Waals surface area contributed by atoms with Gasteiger partial charge < -0.3 is 24.7 Å². The molecule has 2 saturated heterocycles. The number of hydrogen-bond donors (Lipinski definition) is 1. The number of fused-ring (bicyclic) bond motifs is 1. The summed E-state index contributed by atoms with van der Waals surface area (Å²) in [5.41, 5.74) is 7.09. The van der Waals surface area contributed by atoms with E-state index in [0.29, 0.717) is 25.0 Å².